The SMILES string of the molecule is O=C(O)c1cccc2c3c(n(Cc4ccccc4)c12)C(=O)CCC3. The average molecular weight is 319 g/mol. The number of rotatable bonds is 3. The summed E-state index contributed by atoms with van der Waals surface area (Å²) in [6, 6.07) is 15.1. The highest BCUT2D eigenvalue weighted by atomic mass is 16.4. The van der Waals surface area contributed by atoms with Gasteiger partial charge in [-0.2, -0.15) is 0 Å². The van der Waals surface area contributed by atoms with E-state index in [-0.39, 0.29) is 11.3 Å². The van der Waals surface area contributed by atoms with Crippen molar-refractivity contribution in [3.05, 3.63) is 70.9 Å². The van der Waals surface area contributed by atoms with Crippen LogP contribution in [0.1, 0.15) is 44.8 Å². The first-order valence-electron chi connectivity index (χ1n) is 8.11. The third kappa shape index (κ3) is 2.22. The number of fused-ring (bicyclic) bond motifs is 3. The van der Waals surface area contributed by atoms with Crippen LogP contribution in [0.2, 0.25) is 0 Å². The Balaban J connectivity index is 2.04. The molecular formula is C20H17NO3. The van der Waals surface area contributed by atoms with E-state index in [9.17, 15) is 14.7 Å². The normalized spacial score (nSPS) is 13.9. The Morgan fingerprint density at radius 2 is 1.83 bits per heavy atom. The maximum absolute atomic E-state index is 12.6. The van der Waals surface area contributed by atoms with Gasteiger partial charge in [0.2, 0.25) is 0 Å². The van der Waals surface area contributed by atoms with Gasteiger partial charge in [0, 0.05) is 18.4 Å². The first-order chi connectivity index (χ1) is 11.7. The van der Waals surface area contributed by atoms with Gasteiger partial charge in [0.05, 0.1) is 16.8 Å². The molecule has 0 fully saturated rings. The summed E-state index contributed by atoms with van der Waals surface area (Å²) in [6.45, 7) is 0.503. The molecule has 1 aromatic heterocycles. The molecule has 0 saturated heterocycles. The van der Waals surface area contributed by atoms with Gasteiger partial charge in [-0.3, -0.25) is 4.79 Å². The number of hydrogen-bond acceptors (Lipinski definition) is 2. The van der Waals surface area contributed by atoms with E-state index in [0.29, 0.717) is 24.2 Å². The Hall–Kier alpha value is -2.88. The molecule has 0 atom stereocenters. The number of hydrogen-bond donors (Lipinski definition) is 1. The number of nitrogens with zero attached hydrogens (tertiary/aromatic N) is 1. The second kappa shape index (κ2) is 5.64. The molecule has 1 heterocycles. The fourth-order valence-electron chi connectivity index (χ4n) is 3.69. The highest BCUT2D eigenvalue weighted by Crippen LogP contribution is 2.34. The van der Waals surface area contributed by atoms with Crippen molar-refractivity contribution in [1.82, 2.24) is 4.57 Å². The maximum atomic E-state index is 12.6. The minimum atomic E-state index is -0.961. The summed E-state index contributed by atoms with van der Waals surface area (Å²) in [5.74, 6) is -0.850. The van der Waals surface area contributed by atoms with Crippen molar-refractivity contribution in [2.24, 2.45) is 0 Å². The average Bonchev–Trinajstić information content (AvgIpc) is 2.91. The van der Waals surface area contributed by atoms with Gasteiger partial charge in [-0.15, -0.1) is 0 Å². The summed E-state index contributed by atoms with van der Waals surface area (Å²) in [4.78, 5) is 24.3. The van der Waals surface area contributed by atoms with Crippen molar-refractivity contribution in [3.8, 4) is 0 Å². The number of Topliss-reactive ketones (excluding diaryl/α,β-unsaturated/α-hetero) is 1. The van der Waals surface area contributed by atoms with Gasteiger partial charge in [-0.25, -0.2) is 4.79 Å². The summed E-state index contributed by atoms with van der Waals surface area (Å²) in [7, 11) is 0. The standard InChI is InChI=1S/C20H17NO3/c22-17-11-5-9-15-14-8-4-10-16(20(23)24)18(14)21(19(15)17)12-13-6-2-1-3-7-13/h1-4,6-8,10H,5,9,11-12H2,(H,23,24). The first-order valence-corrected chi connectivity index (χ1v) is 8.11. The zero-order valence-electron chi connectivity index (χ0n) is 13.2. The van der Waals surface area contributed by atoms with E-state index >= 15 is 0 Å². The molecule has 4 heteroatoms. The van der Waals surface area contributed by atoms with Crippen LogP contribution in [0.25, 0.3) is 10.9 Å². The molecule has 0 unspecified atom stereocenters. The molecule has 24 heavy (non-hydrogen) atoms. The van der Waals surface area contributed by atoms with Crippen molar-refractivity contribution in [3.63, 3.8) is 0 Å². The van der Waals surface area contributed by atoms with Gasteiger partial charge in [0.1, 0.15) is 0 Å². The molecule has 3 aromatic rings. The Morgan fingerprint density at radius 1 is 1.04 bits per heavy atom. The molecular weight excluding hydrogens is 302 g/mol. The van der Waals surface area contributed by atoms with Crippen molar-refractivity contribution in [2.75, 3.05) is 0 Å². The topological polar surface area (TPSA) is 59.3 Å². The van der Waals surface area contributed by atoms with E-state index in [2.05, 4.69) is 0 Å². The van der Waals surface area contributed by atoms with Crippen LogP contribution in [-0.2, 0) is 13.0 Å². The molecule has 2 aromatic carbocycles. The van der Waals surface area contributed by atoms with E-state index in [1.807, 2.05) is 41.0 Å². The number of aryl methyl sites for hydroxylation is 1. The number of para-hydroxylation sites is 1. The molecule has 1 N–H and O–H groups in total. The molecule has 1 aliphatic carbocycles. The molecule has 4 nitrogen and oxygen atoms in total. The number of aromatic carboxylic acids is 1. The molecule has 0 spiro atoms. The zero-order chi connectivity index (χ0) is 16.7. The van der Waals surface area contributed by atoms with Crippen molar-refractivity contribution >= 4 is 22.7 Å². The second-order valence-corrected chi connectivity index (χ2v) is 6.18. The summed E-state index contributed by atoms with van der Waals surface area (Å²) in [6.07, 6.45) is 2.18. The third-order valence-electron chi connectivity index (χ3n) is 4.70. The van der Waals surface area contributed by atoms with Gasteiger partial charge in [-0.1, -0.05) is 42.5 Å². The quantitative estimate of drug-likeness (QED) is 0.796. The van der Waals surface area contributed by atoms with Crippen LogP contribution in [-0.4, -0.2) is 21.4 Å². The molecule has 0 bridgehead atoms. The summed E-state index contributed by atoms with van der Waals surface area (Å²) >= 11 is 0. The van der Waals surface area contributed by atoms with E-state index < -0.39 is 5.97 Å². The fraction of sp³-hybridized carbons (Fsp3) is 0.200. The van der Waals surface area contributed by atoms with Crippen LogP contribution in [0.15, 0.2) is 48.5 Å². The fourth-order valence-corrected chi connectivity index (χ4v) is 3.69. The van der Waals surface area contributed by atoms with E-state index in [0.717, 1.165) is 29.4 Å². The maximum Gasteiger partial charge on any atom is 0.337 e. The van der Waals surface area contributed by atoms with Crippen LogP contribution < -0.4 is 0 Å². The van der Waals surface area contributed by atoms with Gasteiger partial charge >= 0.3 is 5.97 Å². The van der Waals surface area contributed by atoms with Crippen LogP contribution in [0, 0.1) is 0 Å². The lowest BCUT2D eigenvalue weighted by atomic mass is 9.94. The predicted octanol–water partition coefficient (Wildman–Crippen LogP) is 3.91. The zero-order valence-corrected chi connectivity index (χ0v) is 13.2. The molecule has 0 radical (unpaired) electrons. The highest BCUT2D eigenvalue weighted by Gasteiger charge is 2.28. The summed E-state index contributed by atoms with van der Waals surface area (Å²) in [5.41, 5.74) is 3.66. The van der Waals surface area contributed by atoms with Crippen LogP contribution in [0.4, 0.5) is 0 Å². The molecule has 0 aliphatic heterocycles. The Labute approximate surface area is 139 Å². The van der Waals surface area contributed by atoms with Crippen molar-refractivity contribution in [2.45, 2.75) is 25.8 Å². The van der Waals surface area contributed by atoms with Crippen LogP contribution in [0.3, 0.4) is 0 Å². The number of benzene rings is 2. The summed E-state index contributed by atoms with van der Waals surface area (Å²) in [5, 5.41) is 10.5. The molecule has 0 amide bonds. The number of carbonyl (C=O) groups is 2. The lowest BCUT2D eigenvalue weighted by molar-refractivity contribution is 0.0698. The molecule has 4 rings (SSSR count). The van der Waals surface area contributed by atoms with Gasteiger partial charge < -0.3 is 9.67 Å². The number of carboxylic acids is 1. The van der Waals surface area contributed by atoms with Crippen LogP contribution >= 0.6 is 0 Å². The Kier molecular flexibility index (Phi) is 3.45. The third-order valence-corrected chi connectivity index (χ3v) is 4.70. The smallest absolute Gasteiger partial charge is 0.337 e. The Morgan fingerprint density at radius 3 is 2.58 bits per heavy atom. The second-order valence-electron chi connectivity index (χ2n) is 6.18. The lowest BCUT2D eigenvalue weighted by Gasteiger charge is -2.15. The first kappa shape index (κ1) is 14.7. The minimum Gasteiger partial charge on any atom is -0.478 e. The molecule has 0 saturated carbocycles. The monoisotopic (exact) mass is 319 g/mol. The van der Waals surface area contributed by atoms with Gasteiger partial charge in [0.15, 0.2) is 5.78 Å². The van der Waals surface area contributed by atoms with Crippen molar-refractivity contribution < 1.29 is 14.7 Å². The van der Waals surface area contributed by atoms with Gasteiger partial charge in [-0.05, 0) is 30.0 Å². The minimum absolute atomic E-state index is 0.111. The van der Waals surface area contributed by atoms with Gasteiger partial charge in [0.25, 0.3) is 0 Å². The number of carboxylic acid groups (broad SMARTS) is 1. The van der Waals surface area contributed by atoms with E-state index in [1.54, 1.807) is 12.1 Å². The van der Waals surface area contributed by atoms with Crippen molar-refractivity contribution in [1.29, 1.82) is 0 Å². The number of carbonyl (C=O) groups excluding carboxylic acids is 1. The van der Waals surface area contributed by atoms with Crippen LogP contribution in [0.5, 0.6) is 0 Å². The lowest BCUT2D eigenvalue weighted by Crippen LogP contribution is -2.16. The molecule has 120 valence electrons. The Bertz CT molecular complexity index is 954. The highest BCUT2D eigenvalue weighted by molar-refractivity contribution is 6.09. The number of ketones is 1. The summed E-state index contributed by atoms with van der Waals surface area (Å²) < 4.78 is 1.91. The van der Waals surface area contributed by atoms with E-state index in [1.165, 1.54) is 0 Å². The number of aromatic nitrogens is 1. The predicted molar refractivity (Wildman–Crippen MR) is 91.7 cm³/mol. The van der Waals surface area contributed by atoms with E-state index in [4.69, 9.17) is 0 Å². The molecule has 1 aliphatic rings. The largest absolute Gasteiger partial charge is 0.478 e.